The number of amides is 1. The summed E-state index contributed by atoms with van der Waals surface area (Å²) in [5.41, 5.74) is 5.48. The van der Waals surface area contributed by atoms with Gasteiger partial charge in [-0.05, 0) is 56.0 Å². The molecule has 1 N–H and O–H groups in total. The normalized spacial score (nSPS) is 12.9. The average molecular weight is 373 g/mol. The highest BCUT2D eigenvalue weighted by molar-refractivity contribution is 5.81. The van der Waals surface area contributed by atoms with E-state index in [9.17, 15) is 4.79 Å². The Kier molecular flexibility index (Phi) is 6.15. The Hall–Kier alpha value is -3.07. The summed E-state index contributed by atoms with van der Waals surface area (Å²) >= 11 is 0. The summed E-state index contributed by atoms with van der Waals surface area (Å²) in [7, 11) is 0. The first-order chi connectivity index (χ1) is 13.5. The first kappa shape index (κ1) is 19.7. The van der Waals surface area contributed by atoms with Gasteiger partial charge in [0.05, 0.1) is 6.04 Å². The smallest absolute Gasteiger partial charge is 0.261 e. The van der Waals surface area contributed by atoms with Crippen LogP contribution in [0.25, 0.3) is 0 Å². The minimum absolute atomic E-state index is 0.143. The molecule has 3 nitrogen and oxygen atoms in total. The molecule has 0 aliphatic heterocycles. The lowest BCUT2D eigenvalue weighted by Crippen LogP contribution is -2.39. The number of rotatable bonds is 6. The molecule has 3 aromatic rings. The lowest BCUT2D eigenvalue weighted by Gasteiger charge is -2.23. The Morgan fingerprint density at radius 2 is 1.46 bits per heavy atom. The van der Waals surface area contributed by atoms with Crippen LogP contribution in [0.15, 0.2) is 72.8 Å². The number of nitrogens with one attached hydrogen (secondary N) is 1. The van der Waals surface area contributed by atoms with Crippen LogP contribution < -0.4 is 10.1 Å². The van der Waals surface area contributed by atoms with Crippen molar-refractivity contribution in [3.8, 4) is 5.75 Å². The molecule has 1 amide bonds. The maximum Gasteiger partial charge on any atom is 0.261 e. The standard InChI is InChI=1S/C25H27NO2/c1-17-13-15-22(16-14-17)24(21-10-6-5-7-11-21)26-25(27)20(4)28-23-12-8-9-18(2)19(23)3/h5-16,20,24H,1-4H3,(H,26,27)/t20-,24-/m0/s1. The molecule has 0 aromatic heterocycles. The van der Waals surface area contributed by atoms with Gasteiger partial charge < -0.3 is 10.1 Å². The van der Waals surface area contributed by atoms with Gasteiger partial charge >= 0.3 is 0 Å². The molecule has 0 bridgehead atoms. The fourth-order valence-electron chi connectivity index (χ4n) is 3.12. The molecule has 144 valence electrons. The van der Waals surface area contributed by atoms with Crippen molar-refractivity contribution in [3.63, 3.8) is 0 Å². The van der Waals surface area contributed by atoms with E-state index in [-0.39, 0.29) is 11.9 Å². The molecule has 0 aliphatic rings. The van der Waals surface area contributed by atoms with E-state index in [2.05, 4.69) is 36.5 Å². The number of aryl methyl sites for hydroxylation is 2. The van der Waals surface area contributed by atoms with Crippen LogP contribution in [-0.2, 0) is 4.79 Å². The average Bonchev–Trinajstić information content (AvgIpc) is 2.71. The van der Waals surface area contributed by atoms with E-state index in [1.807, 2.05) is 62.4 Å². The summed E-state index contributed by atoms with van der Waals surface area (Å²) in [5, 5.41) is 3.16. The van der Waals surface area contributed by atoms with Gasteiger partial charge in [-0.3, -0.25) is 4.79 Å². The maximum atomic E-state index is 12.9. The van der Waals surface area contributed by atoms with Crippen molar-refractivity contribution in [2.24, 2.45) is 0 Å². The SMILES string of the molecule is Cc1ccc([C@@H](NC(=O)[C@H](C)Oc2cccc(C)c2C)c2ccccc2)cc1. The minimum Gasteiger partial charge on any atom is -0.481 e. The summed E-state index contributed by atoms with van der Waals surface area (Å²) in [6.45, 7) is 7.89. The van der Waals surface area contributed by atoms with E-state index in [1.54, 1.807) is 6.92 Å². The van der Waals surface area contributed by atoms with Gasteiger partial charge in [-0.2, -0.15) is 0 Å². The fraction of sp³-hybridized carbons (Fsp3) is 0.240. The van der Waals surface area contributed by atoms with Crippen molar-refractivity contribution in [3.05, 3.63) is 101 Å². The molecular weight excluding hydrogens is 346 g/mol. The minimum atomic E-state index is -0.600. The Morgan fingerprint density at radius 3 is 2.14 bits per heavy atom. The van der Waals surface area contributed by atoms with Crippen LogP contribution in [0.3, 0.4) is 0 Å². The van der Waals surface area contributed by atoms with Gasteiger partial charge in [-0.25, -0.2) is 0 Å². The second kappa shape index (κ2) is 8.75. The Balaban J connectivity index is 1.81. The highest BCUT2D eigenvalue weighted by Gasteiger charge is 2.22. The van der Waals surface area contributed by atoms with E-state index in [4.69, 9.17) is 4.74 Å². The van der Waals surface area contributed by atoms with Crippen LogP contribution in [0, 0.1) is 20.8 Å². The Labute approximate surface area is 167 Å². The molecule has 3 heteroatoms. The van der Waals surface area contributed by atoms with Crippen LogP contribution in [0.2, 0.25) is 0 Å². The molecule has 28 heavy (non-hydrogen) atoms. The predicted molar refractivity (Wildman–Crippen MR) is 114 cm³/mol. The van der Waals surface area contributed by atoms with Crippen molar-refractivity contribution in [2.75, 3.05) is 0 Å². The molecule has 0 radical (unpaired) electrons. The van der Waals surface area contributed by atoms with E-state index >= 15 is 0 Å². The Bertz CT molecular complexity index is 933. The lowest BCUT2D eigenvalue weighted by atomic mass is 9.97. The zero-order valence-electron chi connectivity index (χ0n) is 16.9. The lowest BCUT2D eigenvalue weighted by molar-refractivity contribution is -0.127. The molecule has 0 heterocycles. The van der Waals surface area contributed by atoms with Crippen molar-refractivity contribution in [1.29, 1.82) is 0 Å². The molecule has 3 rings (SSSR count). The van der Waals surface area contributed by atoms with Crippen LogP contribution in [0.1, 0.15) is 40.8 Å². The summed E-state index contributed by atoms with van der Waals surface area (Å²) in [6.07, 6.45) is -0.600. The number of ether oxygens (including phenoxy) is 1. The molecular formula is C25H27NO2. The van der Waals surface area contributed by atoms with Gasteiger partial charge in [-0.1, -0.05) is 72.3 Å². The third-order valence-corrected chi connectivity index (χ3v) is 5.06. The highest BCUT2D eigenvalue weighted by Crippen LogP contribution is 2.24. The summed E-state index contributed by atoms with van der Waals surface area (Å²) in [6, 6.07) is 23.9. The molecule has 0 fully saturated rings. The van der Waals surface area contributed by atoms with Crippen molar-refractivity contribution >= 4 is 5.91 Å². The first-order valence-corrected chi connectivity index (χ1v) is 9.60. The van der Waals surface area contributed by atoms with E-state index in [1.165, 1.54) is 5.56 Å². The van der Waals surface area contributed by atoms with Crippen LogP contribution >= 0.6 is 0 Å². The molecule has 3 aromatic carbocycles. The van der Waals surface area contributed by atoms with Gasteiger partial charge in [0.25, 0.3) is 5.91 Å². The number of hydrogen-bond donors (Lipinski definition) is 1. The van der Waals surface area contributed by atoms with Crippen LogP contribution in [0.5, 0.6) is 5.75 Å². The molecule has 0 aliphatic carbocycles. The van der Waals surface area contributed by atoms with Gasteiger partial charge in [0.1, 0.15) is 5.75 Å². The first-order valence-electron chi connectivity index (χ1n) is 9.60. The van der Waals surface area contributed by atoms with E-state index in [0.717, 1.165) is 28.0 Å². The fourth-order valence-corrected chi connectivity index (χ4v) is 3.12. The maximum absolute atomic E-state index is 12.9. The van der Waals surface area contributed by atoms with Gasteiger partial charge in [0, 0.05) is 0 Å². The quantitative estimate of drug-likeness (QED) is 0.638. The van der Waals surface area contributed by atoms with Gasteiger partial charge in [0.15, 0.2) is 6.10 Å². The number of hydrogen-bond acceptors (Lipinski definition) is 2. The third-order valence-electron chi connectivity index (χ3n) is 5.06. The Morgan fingerprint density at radius 1 is 0.821 bits per heavy atom. The van der Waals surface area contributed by atoms with Crippen molar-refractivity contribution in [1.82, 2.24) is 5.32 Å². The van der Waals surface area contributed by atoms with E-state index in [0.29, 0.717) is 0 Å². The summed E-state index contributed by atoms with van der Waals surface area (Å²) < 4.78 is 5.97. The van der Waals surface area contributed by atoms with Crippen LogP contribution in [-0.4, -0.2) is 12.0 Å². The topological polar surface area (TPSA) is 38.3 Å². The summed E-state index contributed by atoms with van der Waals surface area (Å²) in [5.74, 6) is 0.601. The third kappa shape index (κ3) is 4.61. The molecule has 0 unspecified atom stereocenters. The number of carbonyl (C=O) groups excluding carboxylic acids is 1. The second-order valence-corrected chi connectivity index (χ2v) is 7.22. The zero-order valence-corrected chi connectivity index (χ0v) is 16.9. The van der Waals surface area contributed by atoms with Crippen LogP contribution in [0.4, 0.5) is 0 Å². The monoisotopic (exact) mass is 373 g/mol. The number of carbonyl (C=O) groups is 1. The van der Waals surface area contributed by atoms with Gasteiger partial charge in [0.2, 0.25) is 0 Å². The summed E-state index contributed by atoms with van der Waals surface area (Å²) in [4.78, 5) is 12.9. The predicted octanol–water partition coefficient (Wildman–Crippen LogP) is 5.28. The van der Waals surface area contributed by atoms with Crippen molar-refractivity contribution in [2.45, 2.75) is 39.8 Å². The van der Waals surface area contributed by atoms with Crippen molar-refractivity contribution < 1.29 is 9.53 Å². The molecule has 0 saturated carbocycles. The number of benzene rings is 3. The highest BCUT2D eigenvalue weighted by atomic mass is 16.5. The molecule has 2 atom stereocenters. The molecule has 0 spiro atoms. The second-order valence-electron chi connectivity index (χ2n) is 7.22. The zero-order chi connectivity index (χ0) is 20.1. The largest absolute Gasteiger partial charge is 0.481 e. The molecule has 0 saturated heterocycles. The van der Waals surface area contributed by atoms with E-state index < -0.39 is 6.10 Å². The van der Waals surface area contributed by atoms with Gasteiger partial charge in [-0.15, -0.1) is 0 Å².